The quantitative estimate of drug-likeness (QED) is 0.247. The first kappa shape index (κ1) is 17.4. The normalized spacial score (nSPS) is 17.4. The fourth-order valence-corrected chi connectivity index (χ4v) is 0.618. The lowest BCUT2D eigenvalue weighted by Gasteiger charge is -2.22. The van der Waals surface area contributed by atoms with Gasteiger partial charge in [0.25, 0.3) is 0 Å². The number of aliphatic hydroxyl groups is 5. The summed E-state index contributed by atoms with van der Waals surface area (Å²) in [5.74, 6) is -0.0833. The largest absolute Gasteiger partial charge is 0.876 e. The molecule has 0 saturated heterocycles. The Labute approximate surface area is 92.9 Å². The number of allylic oxidation sites excluding steroid dienone is 1. The third kappa shape index (κ3) is 8.33. The molecule has 96 valence electrons. The predicted molar refractivity (Wildman–Crippen MR) is 52.0 cm³/mol. The molecule has 7 nitrogen and oxygen atoms in total. The van der Waals surface area contributed by atoms with Crippen LogP contribution in [0, 0.1) is 0 Å². The van der Waals surface area contributed by atoms with E-state index in [2.05, 4.69) is 6.58 Å². The average molecular weight is 237 g/mol. The van der Waals surface area contributed by atoms with Crippen LogP contribution in [0.2, 0.25) is 0 Å². The van der Waals surface area contributed by atoms with E-state index >= 15 is 0 Å². The smallest absolute Gasteiger partial charge is 0.151 e. The van der Waals surface area contributed by atoms with Crippen molar-refractivity contribution in [2.45, 2.75) is 31.3 Å². The number of hydrogen-bond donors (Lipinski definition) is 5. The molecule has 0 aromatic heterocycles. The van der Waals surface area contributed by atoms with E-state index in [9.17, 15) is 9.90 Å². The molecular formula is C9H17O7-. The van der Waals surface area contributed by atoms with Crippen molar-refractivity contribution in [2.75, 3.05) is 6.61 Å². The Morgan fingerprint density at radius 1 is 1.31 bits per heavy atom. The average Bonchev–Trinajstić information content (AvgIpc) is 2.24. The zero-order chi connectivity index (χ0) is 13.3. The number of aliphatic hydroxyl groups excluding tert-OH is 5. The van der Waals surface area contributed by atoms with Crippen LogP contribution in [0.15, 0.2) is 12.3 Å². The molecule has 0 radical (unpaired) electrons. The molecule has 0 fully saturated rings. The molecule has 0 unspecified atom stereocenters. The van der Waals surface area contributed by atoms with Gasteiger partial charge < -0.3 is 35.4 Å². The molecular weight excluding hydrogens is 220 g/mol. The summed E-state index contributed by atoms with van der Waals surface area (Å²) < 4.78 is 0. The maximum absolute atomic E-state index is 9.90. The van der Waals surface area contributed by atoms with Crippen molar-refractivity contribution in [3.05, 3.63) is 12.3 Å². The summed E-state index contributed by atoms with van der Waals surface area (Å²) in [6.07, 6.45) is -6.84. The van der Waals surface area contributed by atoms with Gasteiger partial charge in [0.1, 0.15) is 24.4 Å². The van der Waals surface area contributed by atoms with Crippen LogP contribution in [-0.4, -0.2) is 62.8 Å². The van der Waals surface area contributed by atoms with Gasteiger partial charge in [-0.05, 0) is 0 Å². The van der Waals surface area contributed by atoms with Gasteiger partial charge in [-0.1, -0.05) is 6.92 Å². The zero-order valence-corrected chi connectivity index (χ0v) is 8.85. The summed E-state index contributed by atoms with van der Waals surface area (Å²) >= 11 is 0. The van der Waals surface area contributed by atoms with Gasteiger partial charge in [0.15, 0.2) is 6.29 Å². The predicted octanol–water partition coefficient (Wildman–Crippen LogP) is -3.50. The summed E-state index contributed by atoms with van der Waals surface area (Å²) in [6.45, 7) is 3.66. The maximum Gasteiger partial charge on any atom is 0.151 e. The van der Waals surface area contributed by atoms with Crippen molar-refractivity contribution in [3.8, 4) is 0 Å². The number of hydrogen-bond acceptors (Lipinski definition) is 7. The lowest BCUT2D eigenvalue weighted by atomic mass is 10.0. The molecule has 0 aliphatic rings. The summed E-state index contributed by atoms with van der Waals surface area (Å²) in [5, 5.41) is 52.9. The van der Waals surface area contributed by atoms with Crippen LogP contribution in [0.4, 0.5) is 0 Å². The lowest BCUT2D eigenvalue weighted by molar-refractivity contribution is -0.300. The number of rotatable bonds is 5. The van der Waals surface area contributed by atoms with Gasteiger partial charge in [0, 0.05) is 0 Å². The van der Waals surface area contributed by atoms with Crippen molar-refractivity contribution >= 4 is 6.29 Å². The van der Waals surface area contributed by atoms with E-state index < -0.39 is 31.0 Å². The third-order valence-corrected chi connectivity index (χ3v) is 1.42. The topological polar surface area (TPSA) is 141 Å². The van der Waals surface area contributed by atoms with Crippen molar-refractivity contribution in [1.29, 1.82) is 0 Å². The van der Waals surface area contributed by atoms with Gasteiger partial charge in [-0.15, -0.1) is 12.3 Å². The van der Waals surface area contributed by atoms with Crippen LogP contribution in [0.5, 0.6) is 0 Å². The standard InChI is InChI=1S/C6H12O6.C3H6O/c7-1-3(9)5(11)6(12)4(10)2-8;1-3(2)4/h1,3-6,8-12H,2H2;4H,1H2,2H3/p-1/t3-,4+,5-,6+;/m0./s1. The van der Waals surface area contributed by atoms with Crippen molar-refractivity contribution in [2.24, 2.45) is 0 Å². The van der Waals surface area contributed by atoms with E-state index in [1.807, 2.05) is 0 Å². The van der Waals surface area contributed by atoms with Gasteiger partial charge in [0.05, 0.1) is 6.61 Å². The molecule has 0 amide bonds. The van der Waals surface area contributed by atoms with E-state index in [1.165, 1.54) is 6.92 Å². The third-order valence-electron chi connectivity index (χ3n) is 1.42. The van der Waals surface area contributed by atoms with E-state index in [-0.39, 0.29) is 12.0 Å². The van der Waals surface area contributed by atoms with Crippen LogP contribution in [0.1, 0.15) is 6.92 Å². The second-order valence-electron chi connectivity index (χ2n) is 3.06. The summed E-state index contributed by atoms with van der Waals surface area (Å²) in [7, 11) is 0. The molecule has 0 aromatic carbocycles. The molecule has 5 N–H and O–H groups in total. The molecule has 0 heterocycles. The monoisotopic (exact) mass is 237 g/mol. The molecule has 0 bridgehead atoms. The highest BCUT2D eigenvalue weighted by atomic mass is 16.4. The highest BCUT2D eigenvalue weighted by Crippen LogP contribution is 2.02. The SMILES string of the molecule is C=C(C)[O-].O=C[C@H](O)[C@H](O)[C@H](O)[C@H](O)CO. The Morgan fingerprint density at radius 2 is 1.69 bits per heavy atom. The van der Waals surface area contributed by atoms with Crippen LogP contribution in [0.3, 0.4) is 0 Å². The van der Waals surface area contributed by atoms with E-state index in [0.29, 0.717) is 0 Å². The lowest BCUT2D eigenvalue weighted by Crippen LogP contribution is -2.46. The minimum absolute atomic E-state index is 0.0258. The van der Waals surface area contributed by atoms with Crippen LogP contribution in [-0.2, 0) is 4.79 Å². The minimum Gasteiger partial charge on any atom is -0.876 e. The van der Waals surface area contributed by atoms with Crippen molar-refractivity contribution < 1.29 is 35.4 Å². The Kier molecular flexibility index (Phi) is 10.1. The van der Waals surface area contributed by atoms with Gasteiger partial charge in [-0.2, -0.15) is 0 Å². The van der Waals surface area contributed by atoms with Gasteiger partial charge >= 0.3 is 0 Å². The van der Waals surface area contributed by atoms with Crippen molar-refractivity contribution in [3.63, 3.8) is 0 Å². The molecule has 16 heavy (non-hydrogen) atoms. The first-order valence-corrected chi connectivity index (χ1v) is 4.38. The number of carbonyl (C=O) groups excluding carboxylic acids is 1. The van der Waals surface area contributed by atoms with E-state index in [1.54, 1.807) is 0 Å². The van der Waals surface area contributed by atoms with Crippen LogP contribution < -0.4 is 5.11 Å². The molecule has 4 atom stereocenters. The van der Waals surface area contributed by atoms with E-state index in [4.69, 9.17) is 25.5 Å². The maximum atomic E-state index is 9.90. The molecule has 0 rings (SSSR count). The van der Waals surface area contributed by atoms with E-state index in [0.717, 1.165) is 0 Å². The van der Waals surface area contributed by atoms with Crippen LogP contribution in [0.25, 0.3) is 0 Å². The highest BCUT2D eigenvalue weighted by molar-refractivity contribution is 5.56. The van der Waals surface area contributed by atoms with Gasteiger partial charge in [-0.25, -0.2) is 0 Å². The summed E-state index contributed by atoms with van der Waals surface area (Å²) in [4.78, 5) is 9.90. The number of carbonyl (C=O) groups is 1. The highest BCUT2D eigenvalue weighted by Gasteiger charge is 2.29. The Hall–Kier alpha value is -0.990. The molecule has 0 saturated carbocycles. The Morgan fingerprint density at radius 3 is 1.94 bits per heavy atom. The summed E-state index contributed by atoms with van der Waals surface area (Å²) in [6, 6.07) is 0. The molecule has 7 heteroatoms. The molecule has 0 aliphatic carbocycles. The van der Waals surface area contributed by atoms with Crippen LogP contribution >= 0.6 is 0 Å². The zero-order valence-electron chi connectivity index (χ0n) is 8.85. The Bertz CT molecular complexity index is 202. The fourth-order valence-electron chi connectivity index (χ4n) is 0.618. The number of aldehydes is 1. The van der Waals surface area contributed by atoms with Crippen molar-refractivity contribution in [1.82, 2.24) is 0 Å². The molecule has 0 aromatic rings. The van der Waals surface area contributed by atoms with Gasteiger partial charge in [-0.3, -0.25) is 0 Å². The molecule has 0 aliphatic heterocycles. The molecule has 0 spiro atoms. The minimum atomic E-state index is -1.79. The summed E-state index contributed by atoms with van der Waals surface area (Å²) in [5.41, 5.74) is 0. The van der Waals surface area contributed by atoms with Gasteiger partial charge in [0.2, 0.25) is 0 Å². The Balaban J connectivity index is 0. The first-order valence-electron chi connectivity index (χ1n) is 4.38. The fraction of sp³-hybridized carbons (Fsp3) is 0.667. The first-order chi connectivity index (χ1) is 7.27. The second kappa shape index (κ2) is 9.25. The second-order valence-corrected chi connectivity index (χ2v) is 3.06.